The minimum Gasteiger partial charge on any atom is -0.370 e. The van der Waals surface area contributed by atoms with Crippen molar-refractivity contribution in [3.8, 4) is 0 Å². The van der Waals surface area contributed by atoms with E-state index in [-0.39, 0.29) is 0 Å². The molecule has 1 aliphatic heterocycles. The Morgan fingerprint density at radius 3 is 2.65 bits per heavy atom. The Hall–Kier alpha value is -1.11. The van der Waals surface area contributed by atoms with Gasteiger partial charge in [-0.1, -0.05) is 32.0 Å². The molecular weight excluding hydrogens is 274 g/mol. The molecule has 0 amide bonds. The van der Waals surface area contributed by atoms with Crippen molar-refractivity contribution in [2.24, 2.45) is 0 Å². The zero-order chi connectivity index (χ0) is 14.6. The first-order valence-electron chi connectivity index (χ1n) is 7.16. The predicted octanol–water partition coefficient (Wildman–Crippen LogP) is 1.23. The van der Waals surface area contributed by atoms with Gasteiger partial charge in [0.1, 0.15) is 0 Å². The second-order valence-electron chi connectivity index (χ2n) is 4.85. The lowest BCUT2D eigenvalue weighted by atomic mass is 10.2. The molecular formula is C14H23N3O2S. The van der Waals surface area contributed by atoms with Gasteiger partial charge in [-0.15, -0.1) is 0 Å². The third-order valence-corrected chi connectivity index (χ3v) is 5.46. The molecule has 2 rings (SSSR count). The van der Waals surface area contributed by atoms with Gasteiger partial charge in [0.15, 0.2) is 0 Å². The van der Waals surface area contributed by atoms with Crippen molar-refractivity contribution in [1.29, 1.82) is 0 Å². The van der Waals surface area contributed by atoms with Crippen molar-refractivity contribution >= 4 is 15.9 Å². The third kappa shape index (κ3) is 3.31. The van der Waals surface area contributed by atoms with E-state index in [1.807, 2.05) is 26.0 Å². The van der Waals surface area contributed by atoms with Crippen LogP contribution in [0.2, 0.25) is 0 Å². The van der Waals surface area contributed by atoms with Crippen LogP contribution in [-0.4, -0.2) is 45.4 Å². The smallest absolute Gasteiger partial charge is 0.279 e. The van der Waals surface area contributed by atoms with Crippen LogP contribution in [-0.2, 0) is 16.6 Å². The minimum atomic E-state index is -3.33. The number of nitrogens with one attached hydrogen (secondary N) is 1. The first kappa shape index (κ1) is 15.3. The minimum absolute atomic E-state index is 0.438. The molecule has 112 valence electrons. The van der Waals surface area contributed by atoms with Crippen LogP contribution in [0.4, 0.5) is 5.69 Å². The van der Waals surface area contributed by atoms with Crippen LogP contribution in [0.1, 0.15) is 19.4 Å². The highest BCUT2D eigenvalue weighted by atomic mass is 32.2. The average molecular weight is 297 g/mol. The average Bonchev–Trinajstić information content (AvgIpc) is 2.83. The number of fused-ring (bicyclic) bond motifs is 1. The van der Waals surface area contributed by atoms with Crippen molar-refractivity contribution in [2.75, 3.05) is 37.6 Å². The number of para-hydroxylation sites is 1. The van der Waals surface area contributed by atoms with E-state index in [9.17, 15) is 8.42 Å². The van der Waals surface area contributed by atoms with Crippen LogP contribution in [0.15, 0.2) is 24.3 Å². The molecule has 20 heavy (non-hydrogen) atoms. The van der Waals surface area contributed by atoms with E-state index in [0.29, 0.717) is 26.2 Å². The van der Waals surface area contributed by atoms with Crippen LogP contribution >= 0.6 is 0 Å². The molecule has 1 aromatic rings. The molecule has 6 heteroatoms. The van der Waals surface area contributed by atoms with E-state index >= 15 is 0 Å². The van der Waals surface area contributed by atoms with E-state index in [2.05, 4.69) is 21.8 Å². The molecule has 0 aromatic heterocycles. The number of hydrogen-bond acceptors (Lipinski definition) is 3. The topological polar surface area (TPSA) is 52.7 Å². The van der Waals surface area contributed by atoms with Gasteiger partial charge in [0.2, 0.25) is 0 Å². The Kier molecular flexibility index (Phi) is 5.01. The summed E-state index contributed by atoms with van der Waals surface area (Å²) in [7, 11) is -3.33. The van der Waals surface area contributed by atoms with Crippen molar-refractivity contribution in [1.82, 2.24) is 9.03 Å². The largest absolute Gasteiger partial charge is 0.370 e. The summed E-state index contributed by atoms with van der Waals surface area (Å²) in [6.07, 6.45) is 1.04. The third-order valence-electron chi connectivity index (χ3n) is 3.69. The molecule has 0 fully saturated rings. The van der Waals surface area contributed by atoms with Gasteiger partial charge < -0.3 is 4.90 Å². The quantitative estimate of drug-likeness (QED) is 0.823. The number of nitrogens with zero attached hydrogens (tertiary/aromatic N) is 2. The summed E-state index contributed by atoms with van der Waals surface area (Å²) >= 11 is 0. The normalized spacial score (nSPS) is 14.8. The summed E-state index contributed by atoms with van der Waals surface area (Å²) in [5.74, 6) is 0. The molecule has 0 bridgehead atoms. The molecule has 0 saturated carbocycles. The van der Waals surface area contributed by atoms with Crippen LogP contribution in [0, 0.1) is 0 Å². The van der Waals surface area contributed by atoms with Crippen LogP contribution in [0.3, 0.4) is 0 Å². The maximum absolute atomic E-state index is 12.0. The molecule has 1 aliphatic rings. The molecule has 1 heterocycles. The zero-order valence-corrected chi connectivity index (χ0v) is 13.0. The summed E-state index contributed by atoms with van der Waals surface area (Å²) < 4.78 is 28.1. The first-order chi connectivity index (χ1) is 9.58. The fraction of sp³-hybridized carbons (Fsp3) is 0.571. The van der Waals surface area contributed by atoms with Crippen LogP contribution in [0.5, 0.6) is 0 Å². The number of anilines is 1. The highest BCUT2D eigenvalue weighted by molar-refractivity contribution is 7.87. The number of benzene rings is 1. The summed E-state index contributed by atoms with van der Waals surface area (Å²) in [5, 5.41) is 0. The summed E-state index contributed by atoms with van der Waals surface area (Å²) in [4.78, 5) is 2.24. The van der Waals surface area contributed by atoms with E-state index < -0.39 is 10.2 Å². The predicted molar refractivity (Wildman–Crippen MR) is 82.2 cm³/mol. The van der Waals surface area contributed by atoms with Gasteiger partial charge in [0.25, 0.3) is 10.2 Å². The van der Waals surface area contributed by atoms with Crippen LogP contribution < -0.4 is 9.62 Å². The Balaban J connectivity index is 1.89. The summed E-state index contributed by atoms with van der Waals surface area (Å²) in [6.45, 7) is 6.80. The number of rotatable bonds is 7. The first-order valence-corrected chi connectivity index (χ1v) is 8.60. The van der Waals surface area contributed by atoms with Crippen molar-refractivity contribution in [2.45, 2.75) is 20.3 Å². The Bertz CT molecular complexity index is 541. The van der Waals surface area contributed by atoms with Crippen molar-refractivity contribution in [3.05, 3.63) is 29.8 Å². The van der Waals surface area contributed by atoms with Gasteiger partial charge in [0, 0.05) is 38.4 Å². The lowest BCUT2D eigenvalue weighted by Crippen LogP contribution is -2.43. The van der Waals surface area contributed by atoms with Gasteiger partial charge in [-0.05, 0) is 18.1 Å². The van der Waals surface area contributed by atoms with Gasteiger partial charge in [0.05, 0.1) is 0 Å². The fourth-order valence-corrected chi connectivity index (χ4v) is 3.81. The molecule has 0 unspecified atom stereocenters. The molecule has 1 aromatic carbocycles. The second-order valence-corrected chi connectivity index (χ2v) is 6.60. The Morgan fingerprint density at radius 1 is 1.25 bits per heavy atom. The van der Waals surface area contributed by atoms with Gasteiger partial charge >= 0.3 is 0 Å². The van der Waals surface area contributed by atoms with E-state index in [1.165, 1.54) is 15.6 Å². The maximum atomic E-state index is 12.0. The standard InChI is InChI=1S/C14H23N3O2S/c1-3-17(4-2)20(18,19)15-10-12-16-11-9-13-7-5-6-8-14(13)16/h5-8,15H,3-4,9-12H2,1-2H3. The molecule has 0 spiro atoms. The van der Waals surface area contributed by atoms with Gasteiger partial charge in [-0.3, -0.25) is 0 Å². The lowest BCUT2D eigenvalue weighted by Gasteiger charge is -2.22. The van der Waals surface area contributed by atoms with Gasteiger partial charge in [-0.2, -0.15) is 12.7 Å². The van der Waals surface area contributed by atoms with E-state index in [1.54, 1.807) is 0 Å². The Morgan fingerprint density at radius 2 is 1.95 bits per heavy atom. The van der Waals surface area contributed by atoms with E-state index in [4.69, 9.17) is 0 Å². The molecule has 0 radical (unpaired) electrons. The van der Waals surface area contributed by atoms with Crippen LogP contribution in [0.25, 0.3) is 0 Å². The summed E-state index contributed by atoms with van der Waals surface area (Å²) in [6, 6.07) is 8.30. The molecule has 0 saturated heterocycles. The lowest BCUT2D eigenvalue weighted by molar-refractivity contribution is 0.435. The maximum Gasteiger partial charge on any atom is 0.279 e. The molecule has 0 aliphatic carbocycles. The zero-order valence-electron chi connectivity index (χ0n) is 12.2. The Labute approximate surface area is 121 Å². The van der Waals surface area contributed by atoms with Crippen molar-refractivity contribution in [3.63, 3.8) is 0 Å². The SMILES string of the molecule is CCN(CC)S(=O)(=O)NCCN1CCc2ccccc21. The fourth-order valence-electron chi connectivity index (χ4n) is 2.60. The van der Waals surface area contributed by atoms with Crippen molar-refractivity contribution < 1.29 is 8.42 Å². The highest BCUT2D eigenvalue weighted by Crippen LogP contribution is 2.26. The molecule has 0 atom stereocenters. The molecule has 5 nitrogen and oxygen atoms in total. The second kappa shape index (κ2) is 6.56. The van der Waals surface area contributed by atoms with E-state index in [0.717, 1.165) is 13.0 Å². The number of hydrogen-bond donors (Lipinski definition) is 1. The molecule has 1 N–H and O–H groups in total. The monoisotopic (exact) mass is 297 g/mol. The van der Waals surface area contributed by atoms with Gasteiger partial charge in [-0.25, -0.2) is 4.72 Å². The highest BCUT2D eigenvalue weighted by Gasteiger charge is 2.20. The summed E-state index contributed by atoms with van der Waals surface area (Å²) in [5.41, 5.74) is 2.58.